The predicted molar refractivity (Wildman–Crippen MR) is 128 cm³/mol. The Morgan fingerprint density at radius 1 is 0.586 bits per heavy atom. The van der Waals surface area contributed by atoms with Crippen LogP contribution in [0.3, 0.4) is 0 Å². The number of carbonyl (C=O) groups excluding carboxylic acids is 1. The number of hydrogen-bond donors (Lipinski definition) is 0. The van der Waals surface area contributed by atoms with Crippen molar-refractivity contribution in [2.45, 2.75) is 150 Å². The first-order valence-corrected chi connectivity index (χ1v) is 13.3. The van der Waals surface area contributed by atoms with E-state index in [2.05, 4.69) is 27.7 Å². The van der Waals surface area contributed by atoms with Crippen LogP contribution in [0.2, 0.25) is 0 Å². The molecule has 0 aliphatic rings. The molecule has 0 N–H and O–H groups in total. The van der Waals surface area contributed by atoms with Crippen LogP contribution in [0, 0.1) is 11.8 Å². The van der Waals surface area contributed by atoms with Crippen molar-refractivity contribution in [3.05, 3.63) is 0 Å². The van der Waals surface area contributed by atoms with Crippen molar-refractivity contribution in [3.8, 4) is 0 Å². The molecule has 29 heavy (non-hydrogen) atoms. The van der Waals surface area contributed by atoms with E-state index < -0.39 is 0 Å². The lowest BCUT2D eigenvalue weighted by Crippen LogP contribution is -2.20. The summed E-state index contributed by atoms with van der Waals surface area (Å²) < 4.78 is 5.78. The second-order valence-electron chi connectivity index (χ2n) is 9.36. The quantitative estimate of drug-likeness (QED) is 0.131. The molecule has 0 saturated heterocycles. The van der Waals surface area contributed by atoms with E-state index in [1.54, 1.807) is 0 Å². The van der Waals surface area contributed by atoms with Gasteiger partial charge in [-0.1, -0.05) is 130 Å². The van der Waals surface area contributed by atoms with E-state index in [9.17, 15) is 4.79 Å². The zero-order valence-corrected chi connectivity index (χ0v) is 20.6. The molecule has 0 bridgehead atoms. The van der Waals surface area contributed by atoms with E-state index >= 15 is 0 Å². The number of ether oxygens (including phenoxy) is 1. The molecule has 0 aliphatic heterocycles. The SMILES string of the molecule is CCCCCCCCC(CCCCCCC)COC(=O)C(C)CCCCCCC. The number of rotatable bonds is 22. The molecule has 0 rings (SSSR count). The van der Waals surface area contributed by atoms with E-state index in [-0.39, 0.29) is 11.9 Å². The molecule has 0 fully saturated rings. The highest BCUT2D eigenvalue weighted by Crippen LogP contribution is 2.21. The van der Waals surface area contributed by atoms with Crippen LogP contribution in [0.15, 0.2) is 0 Å². The van der Waals surface area contributed by atoms with E-state index in [1.165, 1.54) is 109 Å². The summed E-state index contributed by atoms with van der Waals surface area (Å²) in [5.74, 6) is 0.679. The topological polar surface area (TPSA) is 26.3 Å². The Morgan fingerprint density at radius 3 is 1.41 bits per heavy atom. The molecule has 0 aromatic heterocycles. The third kappa shape index (κ3) is 19.2. The summed E-state index contributed by atoms with van der Waals surface area (Å²) >= 11 is 0. The van der Waals surface area contributed by atoms with Gasteiger partial charge in [0, 0.05) is 0 Å². The molecule has 2 unspecified atom stereocenters. The lowest BCUT2D eigenvalue weighted by atomic mass is 9.94. The fourth-order valence-electron chi connectivity index (χ4n) is 4.08. The first kappa shape index (κ1) is 28.5. The van der Waals surface area contributed by atoms with Crippen LogP contribution in [-0.4, -0.2) is 12.6 Å². The third-order valence-electron chi connectivity index (χ3n) is 6.29. The summed E-state index contributed by atoms with van der Waals surface area (Å²) in [5.41, 5.74) is 0. The van der Waals surface area contributed by atoms with Gasteiger partial charge in [0.25, 0.3) is 0 Å². The molecule has 0 aliphatic carbocycles. The van der Waals surface area contributed by atoms with Crippen LogP contribution < -0.4 is 0 Å². The largest absolute Gasteiger partial charge is 0.465 e. The first-order valence-electron chi connectivity index (χ1n) is 13.3. The van der Waals surface area contributed by atoms with Crippen LogP contribution in [-0.2, 0) is 9.53 Å². The van der Waals surface area contributed by atoms with Gasteiger partial charge >= 0.3 is 5.97 Å². The average molecular weight is 411 g/mol. The maximum atomic E-state index is 12.4. The van der Waals surface area contributed by atoms with Crippen molar-refractivity contribution in [1.29, 1.82) is 0 Å². The lowest BCUT2D eigenvalue weighted by molar-refractivity contribution is -0.149. The molecule has 0 spiro atoms. The van der Waals surface area contributed by atoms with Crippen molar-refractivity contribution in [3.63, 3.8) is 0 Å². The maximum Gasteiger partial charge on any atom is 0.308 e. The number of esters is 1. The highest BCUT2D eigenvalue weighted by Gasteiger charge is 2.17. The Labute approximate surface area is 184 Å². The Balaban J connectivity index is 4.11. The van der Waals surface area contributed by atoms with E-state index in [4.69, 9.17) is 4.74 Å². The molecule has 2 atom stereocenters. The first-order chi connectivity index (χ1) is 14.2. The van der Waals surface area contributed by atoms with Gasteiger partial charge in [-0.2, -0.15) is 0 Å². The van der Waals surface area contributed by atoms with Crippen molar-refractivity contribution >= 4 is 5.97 Å². The van der Waals surface area contributed by atoms with Crippen molar-refractivity contribution < 1.29 is 9.53 Å². The minimum Gasteiger partial charge on any atom is -0.465 e. The zero-order chi connectivity index (χ0) is 21.6. The zero-order valence-electron chi connectivity index (χ0n) is 20.6. The second kappa shape index (κ2) is 22.2. The molecule has 2 heteroatoms. The molecule has 0 aromatic carbocycles. The molecule has 174 valence electrons. The van der Waals surface area contributed by atoms with Gasteiger partial charge in [0.2, 0.25) is 0 Å². The lowest BCUT2D eigenvalue weighted by Gasteiger charge is -2.19. The summed E-state index contributed by atoms with van der Waals surface area (Å²) in [6, 6.07) is 0. The second-order valence-corrected chi connectivity index (χ2v) is 9.36. The molecule has 2 nitrogen and oxygen atoms in total. The monoisotopic (exact) mass is 410 g/mol. The summed E-state index contributed by atoms with van der Waals surface area (Å²) in [5, 5.41) is 0. The van der Waals surface area contributed by atoms with Crippen LogP contribution in [0.5, 0.6) is 0 Å². The minimum absolute atomic E-state index is 0.0411. The summed E-state index contributed by atoms with van der Waals surface area (Å²) in [4.78, 5) is 12.4. The average Bonchev–Trinajstić information content (AvgIpc) is 2.73. The van der Waals surface area contributed by atoms with Gasteiger partial charge in [-0.25, -0.2) is 0 Å². The van der Waals surface area contributed by atoms with Crippen LogP contribution in [0.25, 0.3) is 0 Å². The van der Waals surface area contributed by atoms with Crippen molar-refractivity contribution in [2.75, 3.05) is 6.61 Å². The highest BCUT2D eigenvalue weighted by molar-refractivity contribution is 5.71. The van der Waals surface area contributed by atoms with Gasteiger partial charge in [-0.05, 0) is 25.2 Å². The number of carbonyl (C=O) groups is 1. The fraction of sp³-hybridized carbons (Fsp3) is 0.963. The Bertz CT molecular complexity index is 339. The van der Waals surface area contributed by atoms with Gasteiger partial charge < -0.3 is 4.74 Å². The number of hydrogen-bond acceptors (Lipinski definition) is 2. The molecule has 0 radical (unpaired) electrons. The Hall–Kier alpha value is -0.530. The van der Waals surface area contributed by atoms with Gasteiger partial charge in [-0.3, -0.25) is 4.79 Å². The highest BCUT2D eigenvalue weighted by atomic mass is 16.5. The molecular weight excluding hydrogens is 356 g/mol. The fourth-order valence-corrected chi connectivity index (χ4v) is 4.08. The predicted octanol–water partition coefficient (Wildman–Crippen LogP) is 9.25. The van der Waals surface area contributed by atoms with E-state index in [1.807, 2.05) is 0 Å². The van der Waals surface area contributed by atoms with Crippen LogP contribution >= 0.6 is 0 Å². The summed E-state index contributed by atoms with van der Waals surface area (Å²) in [7, 11) is 0. The minimum atomic E-state index is 0.0411. The van der Waals surface area contributed by atoms with E-state index in [0.717, 1.165) is 12.8 Å². The van der Waals surface area contributed by atoms with Gasteiger partial charge in [0.05, 0.1) is 12.5 Å². The normalized spacial score (nSPS) is 13.4. The van der Waals surface area contributed by atoms with E-state index in [0.29, 0.717) is 12.5 Å². The molecule has 0 heterocycles. The Kier molecular flexibility index (Phi) is 21.8. The number of unbranched alkanes of at least 4 members (excludes halogenated alkanes) is 13. The molecular formula is C27H54O2. The standard InChI is InChI=1S/C27H54O2/c1-5-8-11-14-17-20-23-26(22-19-16-13-10-7-3)24-29-27(28)25(4)21-18-15-12-9-6-2/h25-26H,5-24H2,1-4H3. The van der Waals surface area contributed by atoms with Crippen LogP contribution in [0.4, 0.5) is 0 Å². The third-order valence-corrected chi connectivity index (χ3v) is 6.29. The van der Waals surface area contributed by atoms with Crippen molar-refractivity contribution in [1.82, 2.24) is 0 Å². The molecule has 0 saturated carbocycles. The van der Waals surface area contributed by atoms with Crippen molar-refractivity contribution in [2.24, 2.45) is 11.8 Å². The van der Waals surface area contributed by atoms with Gasteiger partial charge in [-0.15, -0.1) is 0 Å². The summed E-state index contributed by atoms with van der Waals surface area (Å²) in [6.07, 6.45) is 24.5. The molecule has 0 aromatic rings. The van der Waals surface area contributed by atoms with Crippen LogP contribution in [0.1, 0.15) is 150 Å². The smallest absolute Gasteiger partial charge is 0.308 e. The maximum absolute atomic E-state index is 12.4. The van der Waals surface area contributed by atoms with Gasteiger partial charge in [0.15, 0.2) is 0 Å². The Morgan fingerprint density at radius 2 is 0.966 bits per heavy atom. The molecule has 0 amide bonds. The summed E-state index contributed by atoms with van der Waals surface area (Å²) in [6.45, 7) is 9.49. The van der Waals surface area contributed by atoms with Gasteiger partial charge in [0.1, 0.15) is 0 Å².